The highest BCUT2D eigenvalue weighted by Gasteiger charge is 2.13. The Morgan fingerprint density at radius 1 is 1.31 bits per heavy atom. The fraction of sp³-hybridized carbons (Fsp3) is 0.273. The van der Waals surface area contributed by atoms with E-state index in [1.165, 1.54) is 0 Å². The quantitative estimate of drug-likeness (QED) is 0.892. The van der Waals surface area contributed by atoms with E-state index in [0.29, 0.717) is 18.3 Å². The molecule has 1 heterocycles. The van der Waals surface area contributed by atoms with Crippen molar-refractivity contribution in [3.8, 4) is 11.4 Å². The van der Waals surface area contributed by atoms with Gasteiger partial charge in [0.2, 0.25) is 11.7 Å². The summed E-state index contributed by atoms with van der Waals surface area (Å²) >= 11 is 0. The number of halogens is 1. The molecule has 86 valence electrons. The van der Waals surface area contributed by atoms with E-state index < -0.39 is 0 Å². The molecular weight excluding hydrogens is 226 g/mol. The Bertz CT molecular complexity index is 430. The van der Waals surface area contributed by atoms with Crippen molar-refractivity contribution in [2.45, 2.75) is 12.8 Å². The Morgan fingerprint density at radius 3 is 2.62 bits per heavy atom. The zero-order valence-corrected chi connectivity index (χ0v) is 9.78. The molecule has 0 bridgehead atoms. The van der Waals surface area contributed by atoms with Gasteiger partial charge in [-0.2, -0.15) is 4.98 Å². The minimum atomic E-state index is 0. The predicted molar refractivity (Wildman–Crippen MR) is 64.5 cm³/mol. The monoisotopic (exact) mass is 239 g/mol. The van der Waals surface area contributed by atoms with Crippen LogP contribution < -0.4 is 5.73 Å². The second-order valence-corrected chi connectivity index (χ2v) is 3.46. The van der Waals surface area contributed by atoms with Gasteiger partial charge in [-0.05, 0) is 0 Å². The third kappa shape index (κ3) is 2.59. The van der Waals surface area contributed by atoms with Crippen LogP contribution in [0, 0.1) is 0 Å². The van der Waals surface area contributed by atoms with Gasteiger partial charge < -0.3 is 10.3 Å². The second-order valence-electron chi connectivity index (χ2n) is 3.46. The van der Waals surface area contributed by atoms with Crippen molar-refractivity contribution >= 4 is 12.4 Å². The highest BCUT2D eigenvalue weighted by atomic mass is 35.5. The van der Waals surface area contributed by atoms with Crippen LogP contribution in [-0.2, 0) is 0 Å². The van der Waals surface area contributed by atoms with E-state index in [9.17, 15) is 0 Å². The summed E-state index contributed by atoms with van der Waals surface area (Å²) < 4.78 is 5.13. The van der Waals surface area contributed by atoms with E-state index in [2.05, 4.69) is 10.1 Å². The zero-order chi connectivity index (χ0) is 10.7. The maximum Gasteiger partial charge on any atom is 0.231 e. The third-order valence-electron chi connectivity index (χ3n) is 2.25. The molecule has 0 aliphatic rings. The minimum absolute atomic E-state index is 0. The van der Waals surface area contributed by atoms with Gasteiger partial charge in [0.05, 0.1) is 0 Å². The van der Waals surface area contributed by atoms with Crippen molar-refractivity contribution in [1.29, 1.82) is 0 Å². The van der Waals surface area contributed by atoms with Crippen LogP contribution in [0.15, 0.2) is 34.9 Å². The van der Waals surface area contributed by atoms with E-state index in [4.69, 9.17) is 10.3 Å². The summed E-state index contributed by atoms with van der Waals surface area (Å²) in [6, 6.07) is 9.73. The zero-order valence-electron chi connectivity index (χ0n) is 8.96. The molecule has 0 saturated carbocycles. The molecule has 4 nitrogen and oxygen atoms in total. The van der Waals surface area contributed by atoms with Crippen LogP contribution in [0.1, 0.15) is 18.7 Å². The minimum Gasteiger partial charge on any atom is -0.339 e. The number of rotatable bonds is 3. The van der Waals surface area contributed by atoms with E-state index >= 15 is 0 Å². The molecule has 0 saturated heterocycles. The lowest BCUT2D eigenvalue weighted by Gasteiger charge is -1.98. The van der Waals surface area contributed by atoms with E-state index in [1.54, 1.807) is 0 Å². The largest absolute Gasteiger partial charge is 0.339 e. The van der Waals surface area contributed by atoms with Gasteiger partial charge in [-0.3, -0.25) is 0 Å². The number of hydrogen-bond donors (Lipinski definition) is 1. The Balaban J connectivity index is 0.00000128. The second kappa shape index (κ2) is 5.63. The van der Waals surface area contributed by atoms with Crippen LogP contribution in [0.2, 0.25) is 0 Å². The lowest BCUT2D eigenvalue weighted by molar-refractivity contribution is 0.361. The molecule has 1 aromatic carbocycles. The molecule has 1 aromatic heterocycles. The number of nitrogens with zero attached hydrogens (tertiary/aromatic N) is 2. The number of aromatic nitrogens is 2. The molecule has 0 spiro atoms. The van der Waals surface area contributed by atoms with Gasteiger partial charge in [0.1, 0.15) is 0 Å². The molecule has 1 atom stereocenters. The van der Waals surface area contributed by atoms with Gasteiger partial charge in [0.25, 0.3) is 0 Å². The number of benzene rings is 1. The Kier molecular flexibility index (Phi) is 4.46. The van der Waals surface area contributed by atoms with Crippen molar-refractivity contribution in [2.24, 2.45) is 5.73 Å². The molecule has 0 fully saturated rings. The average molecular weight is 240 g/mol. The van der Waals surface area contributed by atoms with Gasteiger partial charge in [-0.1, -0.05) is 42.4 Å². The lowest BCUT2D eigenvalue weighted by Crippen LogP contribution is -2.08. The number of hydrogen-bond acceptors (Lipinski definition) is 4. The first kappa shape index (κ1) is 12.7. The van der Waals surface area contributed by atoms with Crippen LogP contribution in [0.5, 0.6) is 0 Å². The first-order chi connectivity index (χ1) is 7.31. The topological polar surface area (TPSA) is 64.9 Å². The van der Waals surface area contributed by atoms with Crippen LogP contribution in [0.3, 0.4) is 0 Å². The first-order valence-corrected chi connectivity index (χ1v) is 4.90. The van der Waals surface area contributed by atoms with Crippen LogP contribution in [0.4, 0.5) is 0 Å². The highest BCUT2D eigenvalue weighted by Crippen LogP contribution is 2.18. The molecule has 1 unspecified atom stereocenters. The van der Waals surface area contributed by atoms with Crippen molar-refractivity contribution in [1.82, 2.24) is 10.1 Å². The highest BCUT2D eigenvalue weighted by molar-refractivity contribution is 5.85. The van der Waals surface area contributed by atoms with Crippen LogP contribution in [-0.4, -0.2) is 16.7 Å². The standard InChI is InChI=1S/C11H13N3O.ClH/c1-8(7-12)11-13-10(14-15-11)9-5-3-2-4-6-9;/h2-6,8H,7,12H2,1H3;1H. The summed E-state index contributed by atoms with van der Waals surface area (Å²) in [7, 11) is 0. The maximum atomic E-state index is 5.52. The summed E-state index contributed by atoms with van der Waals surface area (Å²) in [6.07, 6.45) is 0. The molecule has 2 rings (SSSR count). The van der Waals surface area contributed by atoms with E-state index in [0.717, 1.165) is 5.56 Å². The van der Waals surface area contributed by atoms with Gasteiger partial charge >= 0.3 is 0 Å². The smallest absolute Gasteiger partial charge is 0.231 e. The summed E-state index contributed by atoms with van der Waals surface area (Å²) in [4.78, 5) is 4.29. The van der Waals surface area contributed by atoms with Crippen LogP contribution in [0.25, 0.3) is 11.4 Å². The molecule has 16 heavy (non-hydrogen) atoms. The third-order valence-corrected chi connectivity index (χ3v) is 2.25. The SMILES string of the molecule is CC(CN)c1nc(-c2ccccc2)no1.Cl. The molecule has 2 N–H and O–H groups in total. The summed E-state index contributed by atoms with van der Waals surface area (Å²) in [5, 5.41) is 3.91. The lowest BCUT2D eigenvalue weighted by atomic mass is 10.2. The van der Waals surface area contributed by atoms with Crippen molar-refractivity contribution < 1.29 is 4.52 Å². The van der Waals surface area contributed by atoms with E-state index in [1.807, 2.05) is 37.3 Å². The number of nitrogens with two attached hydrogens (primary N) is 1. The van der Waals surface area contributed by atoms with Crippen molar-refractivity contribution in [3.63, 3.8) is 0 Å². The van der Waals surface area contributed by atoms with Gasteiger partial charge in [-0.25, -0.2) is 0 Å². The summed E-state index contributed by atoms with van der Waals surface area (Å²) in [5.41, 5.74) is 6.48. The molecule has 2 aromatic rings. The van der Waals surface area contributed by atoms with Crippen molar-refractivity contribution in [3.05, 3.63) is 36.2 Å². The normalized spacial score (nSPS) is 11.9. The molecular formula is C11H14ClN3O. The molecule has 0 amide bonds. The fourth-order valence-corrected chi connectivity index (χ4v) is 1.24. The maximum absolute atomic E-state index is 5.52. The van der Waals surface area contributed by atoms with Crippen LogP contribution >= 0.6 is 12.4 Å². The van der Waals surface area contributed by atoms with E-state index in [-0.39, 0.29) is 18.3 Å². The summed E-state index contributed by atoms with van der Waals surface area (Å²) in [5.74, 6) is 1.32. The Hall–Kier alpha value is -1.39. The first-order valence-electron chi connectivity index (χ1n) is 4.90. The predicted octanol–water partition coefficient (Wildman–Crippen LogP) is 2.22. The Labute approximate surface area is 100 Å². The summed E-state index contributed by atoms with van der Waals surface area (Å²) in [6.45, 7) is 2.47. The Morgan fingerprint density at radius 2 is 2.00 bits per heavy atom. The average Bonchev–Trinajstić information content (AvgIpc) is 2.78. The molecule has 5 heteroatoms. The molecule has 0 radical (unpaired) electrons. The molecule has 0 aliphatic heterocycles. The fourth-order valence-electron chi connectivity index (χ4n) is 1.24. The van der Waals surface area contributed by atoms with Gasteiger partial charge in [0.15, 0.2) is 0 Å². The van der Waals surface area contributed by atoms with Gasteiger partial charge in [-0.15, -0.1) is 12.4 Å². The van der Waals surface area contributed by atoms with Crippen molar-refractivity contribution in [2.75, 3.05) is 6.54 Å². The van der Waals surface area contributed by atoms with Gasteiger partial charge in [0, 0.05) is 18.0 Å². The molecule has 0 aliphatic carbocycles.